The lowest BCUT2D eigenvalue weighted by Gasteiger charge is -2.15. The Balaban J connectivity index is 2.65. The number of ether oxygens (including phenoxy) is 2. The van der Waals surface area contributed by atoms with Gasteiger partial charge in [-0.2, -0.15) is 0 Å². The second kappa shape index (κ2) is 7.98. The molecule has 0 aliphatic heterocycles. The van der Waals surface area contributed by atoms with E-state index in [9.17, 15) is 5.11 Å². The molecule has 3 nitrogen and oxygen atoms in total. The molecule has 0 atom stereocenters. The maximum Gasteiger partial charge on any atom is 0.166 e. The van der Waals surface area contributed by atoms with Crippen LogP contribution in [0.5, 0.6) is 11.5 Å². The monoisotopic (exact) mass is 252 g/mol. The summed E-state index contributed by atoms with van der Waals surface area (Å²) in [7, 11) is 0. The Morgan fingerprint density at radius 3 is 2.61 bits per heavy atom. The Morgan fingerprint density at radius 1 is 1.22 bits per heavy atom. The topological polar surface area (TPSA) is 38.7 Å². The van der Waals surface area contributed by atoms with Gasteiger partial charge in [0.05, 0.1) is 19.8 Å². The Hall–Kier alpha value is -1.22. The third-order valence-electron chi connectivity index (χ3n) is 2.70. The van der Waals surface area contributed by atoms with Crippen molar-refractivity contribution in [2.75, 3.05) is 13.2 Å². The summed E-state index contributed by atoms with van der Waals surface area (Å²) in [5, 5.41) is 9.32. The van der Waals surface area contributed by atoms with Crippen LogP contribution < -0.4 is 9.47 Å². The fraction of sp³-hybridized carbons (Fsp3) is 0.600. The van der Waals surface area contributed by atoms with Gasteiger partial charge in [-0.3, -0.25) is 0 Å². The van der Waals surface area contributed by atoms with Gasteiger partial charge in [-0.1, -0.05) is 26.0 Å². The van der Waals surface area contributed by atoms with Crippen LogP contribution in [0, 0.1) is 5.92 Å². The summed E-state index contributed by atoms with van der Waals surface area (Å²) in [4.78, 5) is 0. The van der Waals surface area contributed by atoms with Crippen molar-refractivity contribution in [3.63, 3.8) is 0 Å². The van der Waals surface area contributed by atoms with Crippen LogP contribution in [0.1, 0.15) is 39.2 Å². The maximum absolute atomic E-state index is 9.32. The molecule has 0 bridgehead atoms. The van der Waals surface area contributed by atoms with E-state index in [-0.39, 0.29) is 6.61 Å². The minimum absolute atomic E-state index is 0.0274. The third kappa shape index (κ3) is 4.57. The summed E-state index contributed by atoms with van der Waals surface area (Å²) in [6.07, 6.45) is 2.16. The van der Waals surface area contributed by atoms with Crippen molar-refractivity contribution in [3.8, 4) is 11.5 Å². The van der Waals surface area contributed by atoms with E-state index in [1.54, 1.807) is 0 Å². The molecule has 0 heterocycles. The van der Waals surface area contributed by atoms with Crippen molar-refractivity contribution in [2.45, 2.75) is 40.2 Å². The molecule has 1 N–H and O–H groups in total. The van der Waals surface area contributed by atoms with E-state index < -0.39 is 0 Å². The number of aliphatic hydroxyl groups is 1. The molecule has 0 saturated heterocycles. The molecule has 1 rings (SSSR count). The van der Waals surface area contributed by atoms with Crippen LogP contribution in [0.2, 0.25) is 0 Å². The lowest BCUT2D eigenvalue weighted by Crippen LogP contribution is -2.04. The van der Waals surface area contributed by atoms with Crippen molar-refractivity contribution in [1.29, 1.82) is 0 Å². The molecule has 0 saturated carbocycles. The summed E-state index contributed by atoms with van der Waals surface area (Å²) >= 11 is 0. The molecule has 0 unspecified atom stereocenters. The summed E-state index contributed by atoms with van der Waals surface area (Å²) in [5.74, 6) is 2.09. The van der Waals surface area contributed by atoms with Crippen LogP contribution in [0.15, 0.2) is 18.2 Å². The van der Waals surface area contributed by atoms with E-state index in [0.717, 1.165) is 18.4 Å². The number of benzene rings is 1. The average Bonchev–Trinajstić information content (AvgIpc) is 2.35. The highest BCUT2D eigenvalue weighted by atomic mass is 16.5. The Kier molecular flexibility index (Phi) is 6.58. The summed E-state index contributed by atoms with van der Waals surface area (Å²) in [6.45, 7) is 7.57. The van der Waals surface area contributed by atoms with Crippen molar-refractivity contribution < 1.29 is 14.6 Å². The second-order valence-corrected chi connectivity index (χ2v) is 4.72. The van der Waals surface area contributed by atoms with Crippen LogP contribution in [0.3, 0.4) is 0 Å². The van der Waals surface area contributed by atoms with E-state index in [4.69, 9.17) is 9.47 Å². The number of rotatable bonds is 8. The summed E-state index contributed by atoms with van der Waals surface area (Å²) < 4.78 is 11.3. The van der Waals surface area contributed by atoms with Crippen molar-refractivity contribution in [2.24, 2.45) is 5.92 Å². The zero-order valence-corrected chi connectivity index (χ0v) is 11.6. The molecule has 0 aromatic heterocycles. The van der Waals surface area contributed by atoms with Gasteiger partial charge in [0.25, 0.3) is 0 Å². The molecule has 18 heavy (non-hydrogen) atoms. The normalized spacial score (nSPS) is 10.7. The minimum atomic E-state index is -0.0274. The van der Waals surface area contributed by atoms with Crippen LogP contribution >= 0.6 is 0 Å². The Morgan fingerprint density at radius 2 is 2.00 bits per heavy atom. The molecule has 0 fully saturated rings. The molecule has 102 valence electrons. The van der Waals surface area contributed by atoms with Gasteiger partial charge in [0.1, 0.15) is 0 Å². The van der Waals surface area contributed by atoms with Gasteiger partial charge >= 0.3 is 0 Å². The molecule has 0 amide bonds. The molecule has 1 aromatic rings. The molecule has 1 aromatic carbocycles. The Labute approximate surface area is 110 Å². The lowest BCUT2D eigenvalue weighted by molar-refractivity contribution is 0.243. The first-order valence-electron chi connectivity index (χ1n) is 6.67. The Bertz CT molecular complexity index is 348. The van der Waals surface area contributed by atoms with Crippen molar-refractivity contribution >= 4 is 0 Å². The van der Waals surface area contributed by atoms with Gasteiger partial charge in [0.2, 0.25) is 0 Å². The van der Waals surface area contributed by atoms with Gasteiger partial charge < -0.3 is 14.6 Å². The molecule has 0 aliphatic carbocycles. The van der Waals surface area contributed by atoms with Crippen LogP contribution in [0.4, 0.5) is 0 Å². The highest BCUT2D eigenvalue weighted by Gasteiger charge is 2.10. The standard InChI is InChI=1S/C15H24O3/c1-4-17-14-9-5-8-13(11-16)15(14)18-10-6-7-12(2)3/h5,8-9,12,16H,4,6-7,10-11H2,1-3H3. The van der Waals surface area contributed by atoms with E-state index in [0.29, 0.717) is 30.6 Å². The van der Waals surface area contributed by atoms with Gasteiger partial charge in [0, 0.05) is 5.56 Å². The average molecular weight is 252 g/mol. The van der Waals surface area contributed by atoms with Crippen molar-refractivity contribution in [1.82, 2.24) is 0 Å². The third-order valence-corrected chi connectivity index (χ3v) is 2.70. The van der Waals surface area contributed by atoms with E-state index in [1.165, 1.54) is 0 Å². The van der Waals surface area contributed by atoms with Gasteiger partial charge in [-0.05, 0) is 31.7 Å². The molecule has 0 radical (unpaired) electrons. The molecule has 0 spiro atoms. The van der Waals surface area contributed by atoms with E-state index >= 15 is 0 Å². The SMILES string of the molecule is CCOc1cccc(CO)c1OCCCC(C)C. The van der Waals surface area contributed by atoms with Crippen molar-refractivity contribution in [3.05, 3.63) is 23.8 Å². The van der Waals surface area contributed by atoms with E-state index in [2.05, 4.69) is 13.8 Å². The maximum atomic E-state index is 9.32. The first-order valence-corrected chi connectivity index (χ1v) is 6.67. The largest absolute Gasteiger partial charge is 0.490 e. The number of aliphatic hydroxyl groups excluding tert-OH is 1. The minimum Gasteiger partial charge on any atom is -0.490 e. The highest BCUT2D eigenvalue weighted by Crippen LogP contribution is 2.31. The van der Waals surface area contributed by atoms with Gasteiger partial charge in [-0.25, -0.2) is 0 Å². The fourth-order valence-electron chi connectivity index (χ4n) is 1.78. The van der Waals surface area contributed by atoms with Crippen LogP contribution in [-0.4, -0.2) is 18.3 Å². The second-order valence-electron chi connectivity index (χ2n) is 4.72. The first-order chi connectivity index (χ1) is 8.69. The highest BCUT2D eigenvalue weighted by molar-refractivity contribution is 5.46. The lowest BCUT2D eigenvalue weighted by atomic mass is 10.1. The summed E-state index contributed by atoms with van der Waals surface area (Å²) in [5.41, 5.74) is 0.783. The van der Waals surface area contributed by atoms with Gasteiger partial charge in [0.15, 0.2) is 11.5 Å². The molecule has 3 heteroatoms. The quantitative estimate of drug-likeness (QED) is 0.721. The fourth-order valence-corrected chi connectivity index (χ4v) is 1.78. The molecule has 0 aliphatic rings. The van der Waals surface area contributed by atoms with Crippen LogP contribution in [-0.2, 0) is 6.61 Å². The number of hydrogen-bond donors (Lipinski definition) is 1. The molecular weight excluding hydrogens is 228 g/mol. The summed E-state index contributed by atoms with van der Waals surface area (Å²) in [6, 6.07) is 5.61. The van der Waals surface area contributed by atoms with Gasteiger partial charge in [-0.15, -0.1) is 0 Å². The zero-order valence-electron chi connectivity index (χ0n) is 11.6. The molecular formula is C15H24O3. The smallest absolute Gasteiger partial charge is 0.166 e. The predicted octanol–water partition coefficient (Wildman–Crippen LogP) is 3.39. The predicted molar refractivity (Wildman–Crippen MR) is 73.1 cm³/mol. The number of hydrogen-bond acceptors (Lipinski definition) is 3. The van der Waals surface area contributed by atoms with Crippen LogP contribution in [0.25, 0.3) is 0 Å². The number of para-hydroxylation sites is 1. The first kappa shape index (κ1) is 14.8. The zero-order chi connectivity index (χ0) is 13.4. The van der Waals surface area contributed by atoms with E-state index in [1.807, 2.05) is 25.1 Å².